The van der Waals surface area contributed by atoms with Gasteiger partial charge in [-0.2, -0.15) is 0 Å². The normalized spacial score (nSPS) is 17.0. The summed E-state index contributed by atoms with van der Waals surface area (Å²) >= 11 is 6.00. The van der Waals surface area contributed by atoms with E-state index in [4.69, 9.17) is 11.6 Å². The number of hydrogen-bond donors (Lipinski definition) is 1. The molecule has 2 aromatic carbocycles. The maximum atomic E-state index is 12.6. The summed E-state index contributed by atoms with van der Waals surface area (Å²) in [6.45, 7) is 6.31. The minimum atomic E-state index is -0.369. The Morgan fingerprint density at radius 3 is 2.60 bits per heavy atom. The summed E-state index contributed by atoms with van der Waals surface area (Å²) in [4.78, 5) is 26.7. The van der Waals surface area contributed by atoms with E-state index in [-0.39, 0.29) is 24.2 Å². The summed E-state index contributed by atoms with van der Waals surface area (Å²) in [5.41, 5.74) is 4.70. The van der Waals surface area contributed by atoms with Crippen LogP contribution in [0.3, 0.4) is 0 Å². The van der Waals surface area contributed by atoms with Crippen LogP contribution < -0.4 is 10.2 Å². The lowest BCUT2D eigenvalue weighted by Crippen LogP contribution is -2.28. The van der Waals surface area contributed by atoms with Gasteiger partial charge in [0, 0.05) is 29.4 Å². The molecule has 3 rings (SSSR count). The Labute approximate surface area is 152 Å². The largest absolute Gasteiger partial charge is 0.325 e. The Balaban J connectivity index is 1.75. The molecule has 0 aliphatic carbocycles. The summed E-state index contributed by atoms with van der Waals surface area (Å²) in [5, 5.41) is 3.48. The molecule has 4 nitrogen and oxygen atoms in total. The number of amides is 2. The lowest BCUT2D eigenvalue weighted by Gasteiger charge is -2.19. The molecule has 1 atom stereocenters. The highest BCUT2D eigenvalue weighted by Crippen LogP contribution is 2.29. The SMILES string of the molecule is Cc1ccc(N2CC(C(=O)Nc3cc(Cl)ccc3C)CC2=O)c(C)c1. The van der Waals surface area contributed by atoms with Gasteiger partial charge in [0.2, 0.25) is 11.8 Å². The van der Waals surface area contributed by atoms with Crippen LogP contribution in [0.4, 0.5) is 11.4 Å². The average molecular weight is 357 g/mol. The third kappa shape index (κ3) is 3.69. The molecular weight excluding hydrogens is 336 g/mol. The molecular formula is C20H21ClN2O2. The predicted octanol–water partition coefficient (Wildman–Crippen LogP) is 4.26. The van der Waals surface area contributed by atoms with Crippen molar-refractivity contribution in [2.45, 2.75) is 27.2 Å². The average Bonchev–Trinajstić information content (AvgIpc) is 2.93. The first-order valence-electron chi connectivity index (χ1n) is 8.30. The van der Waals surface area contributed by atoms with Crippen LogP contribution >= 0.6 is 11.6 Å². The van der Waals surface area contributed by atoms with E-state index in [1.165, 1.54) is 0 Å². The highest BCUT2D eigenvalue weighted by atomic mass is 35.5. The van der Waals surface area contributed by atoms with Crippen molar-refractivity contribution < 1.29 is 9.59 Å². The lowest BCUT2D eigenvalue weighted by atomic mass is 10.1. The fourth-order valence-electron chi connectivity index (χ4n) is 3.19. The van der Waals surface area contributed by atoms with Gasteiger partial charge < -0.3 is 10.2 Å². The molecule has 130 valence electrons. The van der Waals surface area contributed by atoms with Crippen molar-refractivity contribution in [1.29, 1.82) is 0 Å². The molecule has 0 bridgehead atoms. The van der Waals surface area contributed by atoms with E-state index in [0.29, 0.717) is 17.3 Å². The molecule has 1 saturated heterocycles. The van der Waals surface area contributed by atoms with E-state index in [2.05, 4.69) is 5.32 Å². The zero-order chi connectivity index (χ0) is 18.1. The van der Waals surface area contributed by atoms with Crippen LogP contribution in [-0.4, -0.2) is 18.4 Å². The highest BCUT2D eigenvalue weighted by molar-refractivity contribution is 6.31. The van der Waals surface area contributed by atoms with Gasteiger partial charge >= 0.3 is 0 Å². The second-order valence-corrected chi connectivity index (χ2v) is 7.08. The second-order valence-electron chi connectivity index (χ2n) is 6.64. The van der Waals surface area contributed by atoms with E-state index in [9.17, 15) is 9.59 Å². The number of hydrogen-bond acceptors (Lipinski definition) is 2. The molecule has 25 heavy (non-hydrogen) atoms. The standard InChI is InChI=1S/C20H21ClN2O2/c1-12-4-7-18(14(3)8-12)23-11-15(9-19(23)24)20(25)22-17-10-16(21)6-5-13(17)2/h4-8,10,15H,9,11H2,1-3H3,(H,22,25). The van der Waals surface area contributed by atoms with Gasteiger partial charge in [0.15, 0.2) is 0 Å². The van der Waals surface area contributed by atoms with Gasteiger partial charge in [0.05, 0.1) is 5.92 Å². The van der Waals surface area contributed by atoms with E-state index in [0.717, 1.165) is 22.4 Å². The van der Waals surface area contributed by atoms with Crippen molar-refractivity contribution in [1.82, 2.24) is 0 Å². The molecule has 1 fully saturated rings. The molecule has 5 heteroatoms. The summed E-state index contributed by atoms with van der Waals surface area (Å²) in [5.74, 6) is -0.535. The van der Waals surface area contributed by atoms with Crippen LogP contribution in [-0.2, 0) is 9.59 Å². The molecule has 1 heterocycles. The van der Waals surface area contributed by atoms with Gasteiger partial charge in [0.1, 0.15) is 0 Å². The molecule has 0 aromatic heterocycles. The Morgan fingerprint density at radius 2 is 1.88 bits per heavy atom. The van der Waals surface area contributed by atoms with Crippen molar-refractivity contribution in [3.8, 4) is 0 Å². The molecule has 0 saturated carbocycles. The van der Waals surface area contributed by atoms with Gasteiger partial charge in [-0.1, -0.05) is 35.4 Å². The highest BCUT2D eigenvalue weighted by Gasteiger charge is 2.35. The minimum absolute atomic E-state index is 0.0186. The van der Waals surface area contributed by atoms with Gasteiger partial charge in [-0.05, 0) is 50.1 Å². The number of rotatable bonds is 3. The van der Waals surface area contributed by atoms with Crippen molar-refractivity contribution >= 4 is 34.8 Å². The summed E-state index contributed by atoms with van der Waals surface area (Å²) in [6.07, 6.45) is 0.221. The number of benzene rings is 2. The number of nitrogens with zero attached hydrogens (tertiary/aromatic N) is 1. The van der Waals surface area contributed by atoms with Crippen LogP contribution in [0.15, 0.2) is 36.4 Å². The number of carbonyl (C=O) groups excluding carboxylic acids is 2. The topological polar surface area (TPSA) is 49.4 Å². The lowest BCUT2D eigenvalue weighted by molar-refractivity contribution is -0.122. The van der Waals surface area contributed by atoms with Crippen LogP contribution in [0.25, 0.3) is 0 Å². The Hall–Kier alpha value is -2.33. The maximum Gasteiger partial charge on any atom is 0.229 e. The Bertz CT molecular complexity index is 848. The van der Waals surface area contributed by atoms with Crippen LogP contribution in [0, 0.1) is 26.7 Å². The maximum absolute atomic E-state index is 12.6. The minimum Gasteiger partial charge on any atom is -0.325 e. The first-order valence-corrected chi connectivity index (χ1v) is 8.67. The van der Waals surface area contributed by atoms with E-state index >= 15 is 0 Å². The van der Waals surface area contributed by atoms with E-state index in [1.807, 2.05) is 45.0 Å². The number of halogens is 1. The van der Waals surface area contributed by atoms with Crippen LogP contribution in [0.5, 0.6) is 0 Å². The zero-order valence-electron chi connectivity index (χ0n) is 14.6. The quantitative estimate of drug-likeness (QED) is 0.893. The van der Waals surface area contributed by atoms with Crippen molar-refractivity contribution in [3.63, 3.8) is 0 Å². The molecule has 2 aromatic rings. The van der Waals surface area contributed by atoms with Crippen LogP contribution in [0.1, 0.15) is 23.1 Å². The van der Waals surface area contributed by atoms with Gasteiger partial charge in [0.25, 0.3) is 0 Å². The first kappa shape index (κ1) is 17.5. The number of carbonyl (C=O) groups is 2. The predicted molar refractivity (Wildman–Crippen MR) is 101 cm³/mol. The molecule has 1 aliphatic rings. The Morgan fingerprint density at radius 1 is 1.12 bits per heavy atom. The molecule has 2 amide bonds. The molecule has 1 unspecified atom stereocenters. The van der Waals surface area contributed by atoms with Crippen molar-refractivity contribution in [2.24, 2.45) is 5.92 Å². The number of aryl methyl sites for hydroxylation is 3. The number of nitrogens with one attached hydrogen (secondary N) is 1. The van der Waals surface area contributed by atoms with Gasteiger partial charge in [-0.25, -0.2) is 0 Å². The fraction of sp³-hybridized carbons (Fsp3) is 0.300. The molecule has 1 aliphatic heterocycles. The van der Waals surface area contributed by atoms with Crippen molar-refractivity contribution in [3.05, 3.63) is 58.1 Å². The monoisotopic (exact) mass is 356 g/mol. The molecule has 0 spiro atoms. The zero-order valence-corrected chi connectivity index (χ0v) is 15.4. The third-order valence-corrected chi connectivity index (χ3v) is 4.83. The summed E-state index contributed by atoms with van der Waals surface area (Å²) < 4.78 is 0. The first-order chi connectivity index (χ1) is 11.8. The van der Waals surface area contributed by atoms with Crippen LogP contribution in [0.2, 0.25) is 5.02 Å². The number of anilines is 2. The Kier molecular flexibility index (Phi) is 4.82. The molecule has 1 N–H and O–H groups in total. The third-order valence-electron chi connectivity index (χ3n) is 4.60. The fourth-order valence-corrected chi connectivity index (χ4v) is 3.36. The van der Waals surface area contributed by atoms with Gasteiger partial charge in [-0.15, -0.1) is 0 Å². The van der Waals surface area contributed by atoms with E-state index in [1.54, 1.807) is 17.0 Å². The smallest absolute Gasteiger partial charge is 0.229 e. The van der Waals surface area contributed by atoms with E-state index < -0.39 is 0 Å². The molecule has 0 radical (unpaired) electrons. The summed E-state index contributed by atoms with van der Waals surface area (Å²) in [6, 6.07) is 11.4. The van der Waals surface area contributed by atoms with Gasteiger partial charge in [-0.3, -0.25) is 9.59 Å². The second kappa shape index (κ2) is 6.89. The van der Waals surface area contributed by atoms with Crippen molar-refractivity contribution in [2.75, 3.05) is 16.8 Å². The summed E-state index contributed by atoms with van der Waals surface area (Å²) in [7, 11) is 0.